The first-order valence-corrected chi connectivity index (χ1v) is 5.49. The van der Waals surface area contributed by atoms with Crippen LogP contribution in [0.3, 0.4) is 0 Å². The van der Waals surface area contributed by atoms with Crippen LogP contribution in [0.5, 0.6) is 0 Å². The van der Waals surface area contributed by atoms with Crippen molar-refractivity contribution in [3.63, 3.8) is 0 Å². The van der Waals surface area contributed by atoms with Crippen LogP contribution in [0.4, 0.5) is 0 Å². The smallest absolute Gasteiger partial charge is 0.176 e. The maximum Gasteiger partial charge on any atom is 0.176 e. The predicted molar refractivity (Wildman–Crippen MR) is 66.5 cm³/mol. The van der Waals surface area contributed by atoms with Crippen molar-refractivity contribution < 1.29 is 9.59 Å². The molecule has 1 aromatic rings. The van der Waals surface area contributed by atoms with E-state index in [1.54, 1.807) is 37.3 Å². The van der Waals surface area contributed by atoms with Crippen molar-refractivity contribution in [1.82, 2.24) is 0 Å². The van der Waals surface area contributed by atoms with Gasteiger partial charge >= 0.3 is 0 Å². The highest BCUT2D eigenvalue weighted by molar-refractivity contribution is 5.97. The zero-order valence-corrected chi connectivity index (χ0v) is 10.2. The van der Waals surface area contributed by atoms with E-state index in [1.807, 2.05) is 12.1 Å². The van der Waals surface area contributed by atoms with Crippen molar-refractivity contribution in [2.75, 3.05) is 0 Å². The van der Waals surface area contributed by atoms with Crippen molar-refractivity contribution in [3.8, 4) is 12.1 Å². The van der Waals surface area contributed by atoms with E-state index in [0.29, 0.717) is 12.0 Å². The summed E-state index contributed by atoms with van der Waals surface area (Å²) in [5, 5.41) is 16.1. The Balaban J connectivity index is 0.000000360. The zero-order chi connectivity index (χ0) is 13.8. The molecule has 0 aliphatic rings. The molecule has 0 aliphatic carbocycles. The highest BCUT2D eigenvalue weighted by Crippen LogP contribution is 2.01. The number of Topliss-reactive ketones (excluding diaryl/α,β-unsaturated/α-hetero) is 2. The minimum atomic E-state index is -0.117. The summed E-state index contributed by atoms with van der Waals surface area (Å²) in [5.74, 6) is -0.101. The van der Waals surface area contributed by atoms with E-state index in [-0.39, 0.29) is 24.4 Å². The number of hydrogen-bond acceptors (Lipinski definition) is 4. The number of ketones is 2. The number of benzene rings is 1. The summed E-state index contributed by atoms with van der Waals surface area (Å²) in [5.41, 5.74) is 0.606. The van der Waals surface area contributed by atoms with E-state index in [1.165, 1.54) is 0 Å². The van der Waals surface area contributed by atoms with Gasteiger partial charge in [-0.1, -0.05) is 37.3 Å². The molecule has 4 heteroatoms. The van der Waals surface area contributed by atoms with Gasteiger partial charge in [0.15, 0.2) is 5.78 Å². The Labute approximate surface area is 106 Å². The lowest BCUT2D eigenvalue weighted by Gasteiger charge is -1.92. The number of carbonyl (C=O) groups is 2. The van der Waals surface area contributed by atoms with E-state index in [9.17, 15) is 9.59 Å². The molecule has 0 atom stereocenters. The number of nitrogens with zero attached hydrogens (tertiary/aromatic N) is 2. The third kappa shape index (κ3) is 6.92. The van der Waals surface area contributed by atoms with E-state index >= 15 is 0 Å². The molecule has 92 valence electrons. The largest absolute Gasteiger partial charge is 0.299 e. The van der Waals surface area contributed by atoms with E-state index < -0.39 is 0 Å². The molecule has 0 aliphatic heterocycles. The van der Waals surface area contributed by atoms with Gasteiger partial charge in [-0.05, 0) is 0 Å². The lowest BCUT2D eigenvalue weighted by molar-refractivity contribution is -0.117. The van der Waals surface area contributed by atoms with Crippen molar-refractivity contribution >= 4 is 11.6 Å². The Hall–Kier alpha value is -2.46. The summed E-state index contributed by atoms with van der Waals surface area (Å²) in [7, 11) is 0. The van der Waals surface area contributed by atoms with Gasteiger partial charge in [0, 0.05) is 12.0 Å². The van der Waals surface area contributed by atoms with Gasteiger partial charge in [-0.3, -0.25) is 9.59 Å². The van der Waals surface area contributed by atoms with Gasteiger partial charge < -0.3 is 0 Å². The van der Waals surface area contributed by atoms with Crippen LogP contribution >= 0.6 is 0 Å². The molecule has 0 N–H and O–H groups in total. The fourth-order valence-electron chi connectivity index (χ4n) is 1.01. The van der Waals surface area contributed by atoms with Crippen LogP contribution in [0.25, 0.3) is 0 Å². The van der Waals surface area contributed by atoms with Gasteiger partial charge in [0.05, 0.1) is 25.0 Å². The summed E-state index contributed by atoms with van der Waals surface area (Å²) < 4.78 is 0. The third-order valence-electron chi connectivity index (χ3n) is 2.01. The average molecular weight is 242 g/mol. The van der Waals surface area contributed by atoms with E-state index in [4.69, 9.17) is 10.5 Å². The zero-order valence-electron chi connectivity index (χ0n) is 10.2. The third-order valence-corrected chi connectivity index (χ3v) is 2.01. The number of rotatable bonds is 4. The first-order chi connectivity index (χ1) is 8.65. The Kier molecular flexibility index (Phi) is 8.41. The lowest BCUT2D eigenvalue weighted by atomic mass is 10.1. The molecule has 0 amide bonds. The first-order valence-electron chi connectivity index (χ1n) is 5.49. The lowest BCUT2D eigenvalue weighted by Crippen LogP contribution is -1.95. The van der Waals surface area contributed by atoms with Gasteiger partial charge in [-0.15, -0.1) is 0 Å². The van der Waals surface area contributed by atoms with Crippen LogP contribution in [0.15, 0.2) is 30.3 Å². The van der Waals surface area contributed by atoms with E-state index in [0.717, 1.165) is 0 Å². The van der Waals surface area contributed by atoms with Gasteiger partial charge in [0.1, 0.15) is 5.78 Å². The monoisotopic (exact) mass is 242 g/mol. The molecule has 4 nitrogen and oxygen atoms in total. The molecule has 0 aromatic heterocycles. The minimum absolute atomic E-state index is 0.0162. The molecule has 18 heavy (non-hydrogen) atoms. The average Bonchev–Trinajstić information content (AvgIpc) is 2.41. The summed E-state index contributed by atoms with van der Waals surface area (Å²) in [6.45, 7) is 1.75. The second-order valence-electron chi connectivity index (χ2n) is 3.35. The normalized spacial score (nSPS) is 8.17. The summed E-state index contributed by atoms with van der Waals surface area (Å²) in [6.07, 6.45) is 0.508. The Morgan fingerprint density at radius 1 is 1.06 bits per heavy atom. The summed E-state index contributed by atoms with van der Waals surface area (Å²) in [6, 6.07) is 12.4. The predicted octanol–water partition coefficient (Wildman–Crippen LogP) is 2.66. The van der Waals surface area contributed by atoms with Crippen LogP contribution in [0.1, 0.15) is 36.5 Å². The maximum absolute atomic E-state index is 11.0. The number of hydrogen-bond donors (Lipinski definition) is 0. The molecule has 0 spiro atoms. The Morgan fingerprint density at radius 2 is 1.61 bits per heavy atom. The van der Waals surface area contributed by atoms with Crippen LogP contribution in [0.2, 0.25) is 0 Å². The summed E-state index contributed by atoms with van der Waals surface area (Å²) in [4.78, 5) is 21.2. The Morgan fingerprint density at radius 3 is 2.00 bits per heavy atom. The van der Waals surface area contributed by atoms with Crippen molar-refractivity contribution in [3.05, 3.63) is 35.9 Å². The van der Waals surface area contributed by atoms with Crippen LogP contribution < -0.4 is 0 Å². The van der Waals surface area contributed by atoms with Crippen molar-refractivity contribution in [2.24, 2.45) is 0 Å². The fourth-order valence-corrected chi connectivity index (χ4v) is 1.01. The molecule has 0 radical (unpaired) electrons. The topological polar surface area (TPSA) is 81.7 Å². The quantitative estimate of drug-likeness (QED) is 0.760. The fraction of sp³-hybridized carbons (Fsp3) is 0.286. The van der Waals surface area contributed by atoms with Gasteiger partial charge in [0.25, 0.3) is 0 Å². The molecule has 0 saturated carbocycles. The molecular weight excluding hydrogens is 228 g/mol. The van der Waals surface area contributed by atoms with Gasteiger partial charge in [-0.2, -0.15) is 10.5 Å². The molecule has 1 aromatic carbocycles. The molecule has 0 heterocycles. The van der Waals surface area contributed by atoms with Crippen LogP contribution in [0, 0.1) is 22.7 Å². The Bertz CT molecular complexity index is 467. The van der Waals surface area contributed by atoms with Crippen LogP contribution in [-0.4, -0.2) is 11.6 Å². The highest BCUT2D eigenvalue weighted by Gasteiger charge is 2.01. The van der Waals surface area contributed by atoms with E-state index in [2.05, 4.69) is 0 Å². The minimum Gasteiger partial charge on any atom is -0.299 e. The molecular formula is C14H14N2O2. The van der Waals surface area contributed by atoms with Gasteiger partial charge in [-0.25, -0.2) is 0 Å². The molecule has 0 unspecified atom stereocenters. The highest BCUT2D eigenvalue weighted by atomic mass is 16.1. The second-order valence-corrected chi connectivity index (χ2v) is 3.35. The second kappa shape index (κ2) is 9.74. The van der Waals surface area contributed by atoms with Crippen LogP contribution in [-0.2, 0) is 4.79 Å². The van der Waals surface area contributed by atoms with Crippen molar-refractivity contribution in [2.45, 2.75) is 26.2 Å². The number of nitriles is 2. The molecule has 1 rings (SSSR count). The maximum atomic E-state index is 11.0. The summed E-state index contributed by atoms with van der Waals surface area (Å²) >= 11 is 0. The van der Waals surface area contributed by atoms with Crippen molar-refractivity contribution in [1.29, 1.82) is 10.5 Å². The first kappa shape index (κ1) is 15.5. The van der Waals surface area contributed by atoms with Gasteiger partial charge in [0.2, 0.25) is 0 Å². The standard InChI is InChI=1S/C9H7NO.C5H7NO/c10-7-6-9(11)8-4-2-1-3-5-8;1-2-5(7)3-4-6/h1-5H,6H2;2-3H2,1H3. The molecule has 0 fully saturated rings. The molecule has 0 bridgehead atoms. The SMILES string of the molecule is CCC(=O)CC#N.N#CCC(=O)c1ccccc1. The number of carbonyl (C=O) groups excluding carboxylic acids is 2. The molecule has 0 saturated heterocycles.